The summed E-state index contributed by atoms with van der Waals surface area (Å²) in [4.78, 5) is 25.2. The standard InChI is InChI=1S/C16H19F2N3O2/c1-9(12-3-2-4-13(17)14(12)18)19-16(23)21-7-11(8-21)20-15(22)10-5-6-10/h2-4,9-11H,5-8H2,1H3,(H,19,23)(H,20,22). The zero-order chi connectivity index (χ0) is 16.6. The summed E-state index contributed by atoms with van der Waals surface area (Å²) in [6.07, 6.45) is 1.89. The molecule has 2 fully saturated rings. The number of urea groups is 1. The molecule has 2 N–H and O–H groups in total. The van der Waals surface area contributed by atoms with E-state index in [2.05, 4.69) is 10.6 Å². The van der Waals surface area contributed by atoms with Gasteiger partial charge in [0, 0.05) is 24.6 Å². The monoisotopic (exact) mass is 323 g/mol. The summed E-state index contributed by atoms with van der Waals surface area (Å²) in [5.74, 6) is -1.67. The number of rotatable bonds is 4. The maximum Gasteiger partial charge on any atom is 0.318 e. The van der Waals surface area contributed by atoms with Crippen molar-refractivity contribution in [2.24, 2.45) is 5.92 Å². The van der Waals surface area contributed by atoms with Gasteiger partial charge in [0.05, 0.1) is 12.1 Å². The molecule has 1 heterocycles. The van der Waals surface area contributed by atoms with Crippen LogP contribution in [0.25, 0.3) is 0 Å². The molecule has 1 aromatic carbocycles. The third-order valence-electron chi connectivity index (χ3n) is 4.25. The first-order valence-corrected chi connectivity index (χ1v) is 7.75. The fourth-order valence-corrected chi connectivity index (χ4v) is 2.61. The fourth-order valence-electron chi connectivity index (χ4n) is 2.61. The quantitative estimate of drug-likeness (QED) is 0.890. The van der Waals surface area contributed by atoms with Gasteiger partial charge in [-0.25, -0.2) is 13.6 Å². The molecule has 0 radical (unpaired) electrons. The van der Waals surface area contributed by atoms with Crippen molar-refractivity contribution < 1.29 is 18.4 Å². The van der Waals surface area contributed by atoms with Gasteiger partial charge in [-0.2, -0.15) is 0 Å². The molecule has 1 unspecified atom stereocenters. The van der Waals surface area contributed by atoms with E-state index in [0.717, 1.165) is 18.9 Å². The Morgan fingerprint density at radius 1 is 1.26 bits per heavy atom. The highest BCUT2D eigenvalue weighted by molar-refractivity contribution is 5.82. The lowest BCUT2D eigenvalue weighted by atomic mass is 10.1. The molecule has 1 aromatic rings. The Bertz CT molecular complexity index is 628. The number of hydrogen-bond donors (Lipinski definition) is 2. The van der Waals surface area contributed by atoms with Crippen LogP contribution in [0.1, 0.15) is 31.4 Å². The minimum atomic E-state index is -0.946. The molecule has 0 aromatic heterocycles. The molecular formula is C16H19F2N3O2. The van der Waals surface area contributed by atoms with Crippen LogP contribution < -0.4 is 10.6 Å². The molecule has 3 amide bonds. The third-order valence-corrected chi connectivity index (χ3v) is 4.25. The maximum absolute atomic E-state index is 13.7. The van der Waals surface area contributed by atoms with Crippen molar-refractivity contribution in [2.45, 2.75) is 31.8 Å². The Hall–Kier alpha value is -2.18. The van der Waals surface area contributed by atoms with Gasteiger partial charge in [0.1, 0.15) is 0 Å². The van der Waals surface area contributed by atoms with Crippen molar-refractivity contribution in [3.63, 3.8) is 0 Å². The summed E-state index contributed by atoms with van der Waals surface area (Å²) in [6.45, 7) is 2.47. The SMILES string of the molecule is CC(NC(=O)N1CC(NC(=O)C2CC2)C1)c1cccc(F)c1F. The molecule has 0 spiro atoms. The highest BCUT2D eigenvalue weighted by Gasteiger charge is 2.36. The molecule has 1 atom stereocenters. The Kier molecular flexibility index (Phi) is 4.19. The summed E-state index contributed by atoms with van der Waals surface area (Å²) in [7, 11) is 0. The largest absolute Gasteiger partial charge is 0.350 e. The molecule has 124 valence electrons. The predicted molar refractivity (Wildman–Crippen MR) is 79.5 cm³/mol. The fraction of sp³-hybridized carbons (Fsp3) is 0.500. The van der Waals surface area contributed by atoms with Crippen molar-refractivity contribution in [2.75, 3.05) is 13.1 Å². The Morgan fingerprint density at radius 2 is 1.96 bits per heavy atom. The van der Waals surface area contributed by atoms with Crippen LogP contribution in [0.15, 0.2) is 18.2 Å². The minimum absolute atomic E-state index is 0.0185. The number of carbonyl (C=O) groups excluding carboxylic acids is 2. The number of halogens is 2. The second-order valence-corrected chi connectivity index (χ2v) is 6.20. The van der Waals surface area contributed by atoms with Gasteiger partial charge in [0.2, 0.25) is 5.91 Å². The number of benzene rings is 1. The van der Waals surface area contributed by atoms with Gasteiger partial charge >= 0.3 is 6.03 Å². The average Bonchev–Trinajstić information content (AvgIpc) is 3.29. The first-order valence-electron chi connectivity index (χ1n) is 7.75. The van der Waals surface area contributed by atoms with Crippen LogP contribution in [-0.4, -0.2) is 36.0 Å². The Morgan fingerprint density at radius 3 is 2.61 bits per heavy atom. The summed E-state index contributed by atoms with van der Waals surface area (Å²) in [5.41, 5.74) is 0.109. The molecule has 1 saturated heterocycles. The molecule has 0 bridgehead atoms. The van der Waals surface area contributed by atoms with E-state index >= 15 is 0 Å². The van der Waals surface area contributed by atoms with E-state index in [1.165, 1.54) is 17.0 Å². The lowest BCUT2D eigenvalue weighted by Crippen LogP contribution is -2.63. The number of hydrogen-bond acceptors (Lipinski definition) is 2. The van der Waals surface area contributed by atoms with Gasteiger partial charge in [-0.3, -0.25) is 4.79 Å². The van der Waals surface area contributed by atoms with Gasteiger partial charge in [-0.15, -0.1) is 0 Å². The smallest absolute Gasteiger partial charge is 0.318 e. The number of nitrogens with one attached hydrogen (secondary N) is 2. The van der Waals surface area contributed by atoms with Crippen molar-refractivity contribution >= 4 is 11.9 Å². The topological polar surface area (TPSA) is 61.4 Å². The van der Waals surface area contributed by atoms with Gasteiger partial charge in [-0.05, 0) is 25.8 Å². The lowest BCUT2D eigenvalue weighted by molar-refractivity contribution is -0.123. The second kappa shape index (κ2) is 6.14. The normalized spacial score (nSPS) is 19.0. The van der Waals surface area contributed by atoms with Crippen LogP contribution in [0, 0.1) is 17.6 Å². The predicted octanol–water partition coefficient (Wildman–Crippen LogP) is 1.95. The molecule has 3 rings (SSSR count). The third kappa shape index (κ3) is 3.43. The molecule has 7 heteroatoms. The van der Waals surface area contributed by atoms with Crippen LogP contribution >= 0.6 is 0 Å². The molecule has 5 nitrogen and oxygen atoms in total. The second-order valence-electron chi connectivity index (χ2n) is 6.20. The number of nitrogens with zero attached hydrogens (tertiary/aromatic N) is 1. The van der Waals surface area contributed by atoms with E-state index in [0.29, 0.717) is 13.1 Å². The molecule has 1 aliphatic heterocycles. The zero-order valence-corrected chi connectivity index (χ0v) is 12.8. The average molecular weight is 323 g/mol. The van der Waals surface area contributed by atoms with E-state index < -0.39 is 17.7 Å². The van der Waals surface area contributed by atoms with Crippen molar-refractivity contribution in [1.82, 2.24) is 15.5 Å². The van der Waals surface area contributed by atoms with E-state index in [4.69, 9.17) is 0 Å². The van der Waals surface area contributed by atoms with Crippen molar-refractivity contribution in [3.05, 3.63) is 35.4 Å². The van der Waals surface area contributed by atoms with E-state index in [1.54, 1.807) is 6.92 Å². The van der Waals surface area contributed by atoms with Crippen LogP contribution in [0.2, 0.25) is 0 Å². The first-order chi connectivity index (χ1) is 11.0. The Labute approximate surface area is 133 Å². The maximum atomic E-state index is 13.7. The van der Waals surface area contributed by atoms with Crippen LogP contribution in [0.4, 0.5) is 13.6 Å². The van der Waals surface area contributed by atoms with Crippen LogP contribution in [-0.2, 0) is 4.79 Å². The summed E-state index contributed by atoms with van der Waals surface area (Å²) >= 11 is 0. The summed E-state index contributed by atoms with van der Waals surface area (Å²) < 4.78 is 26.9. The van der Waals surface area contributed by atoms with Crippen LogP contribution in [0.5, 0.6) is 0 Å². The highest BCUT2D eigenvalue weighted by Crippen LogP contribution is 2.29. The van der Waals surface area contributed by atoms with Gasteiger partial charge in [0.25, 0.3) is 0 Å². The Balaban J connectivity index is 1.48. The number of likely N-dealkylation sites (tertiary alicyclic amines) is 1. The zero-order valence-electron chi connectivity index (χ0n) is 12.8. The van der Waals surface area contributed by atoms with E-state index in [1.807, 2.05) is 0 Å². The minimum Gasteiger partial charge on any atom is -0.350 e. The van der Waals surface area contributed by atoms with Gasteiger partial charge < -0.3 is 15.5 Å². The first kappa shape index (κ1) is 15.7. The summed E-state index contributed by atoms with van der Waals surface area (Å²) in [6, 6.07) is 2.88. The van der Waals surface area contributed by atoms with E-state index in [-0.39, 0.29) is 29.5 Å². The van der Waals surface area contributed by atoms with Crippen LogP contribution in [0.3, 0.4) is 0 Å². The molecule has 1 saturated carbocycles. The van der Waals surface area contributed by atoms with Gasteiger partial charge in [-0.1, -0.05) is 12.1 Å². The van der Waals surface area contributed by atoms with E-state index in [9.17, 15) is 18.4 Å². The number of amides is 3. The van der Waals surface area contributed by atoms with Crippen molar-refractivity contribution in [3.8, 4) is 0 Å². The lowest BCUT2D eigenvalue weighted by Gasteiger charge is -2.40. The molecule has 1 aliphatic carbocycles. The van der Waals surface area contributed by atoms with Gasteiger partial charge in [0.15, 0.2) is 11.6 Å². The van der Waals surface area contributed by atoms with Crippen molar-refractivity contribution in [1.29, 1.82) is 0 Å². The highest BCUT2D eigenvalue weighted by atomic mass is 19.2. The number of carbonyl (C=O) groups is 2. The summed E-state index contributed by atoms with van der Waals surface area (Å²) in [5, 5.41) is 5.54. The molecule has 23 heavy (non-hydrogen) atoms. The molecule has 2 aliphatic rings. The molecular weight excluding hydrogens is 304 g/mol.